The maximum atomic E-state index is 12.3. The van der Waals surface area contributed by atoms with Gasteiger partial charge in [-0.2, -0.15) is 0 Å². The molecule has 0 aromatic heterocycles. The maximum absolute atomic E-state index is 12.3. The quantitative estimate of drug-likeness (QED) is 0.774. The second-order valence-corrected chi connectivity index (χ2v) is 8.11. The lowest BCUT2D eigenvalue weighted by atomic mass is 10.2. The molecular formula is C15H15Br2NO2S. The Morgan fingerprint density at radius 2 is 1.71 bits per heavy atom. The van der Waals surface area contributed by atoms with Crippen LogP contribution in [0.15, 0.2) is 56.3 Å². The van der Waals surface area contributed by atoms with Crippen molar-refractivity contribution in [2.45, 2.75) is 18.2 Å². The van der Waals surface area contributed by atoms with Crippen LogP contribution in [0.3, 0.4) is 0 Å². The van der Waals surface area contributed by atoms with Gasteiger partial charge in [0.2, 0.25) is 10.0 Å². The van der Waals surface area contributed by atoms with Gasteiger partial charge in [0.05, 0.1) is 4.90 Å². The third kappa shape index (κ3) is 4.39. The third-order valence-electron chi connectivity index (χ3n) is 3.05. The Morgan fingerprint density at radius 3 is 2.38 bits per heavy atom. The van der Waals surface area contributed by atoms with Gasteiger partial charge < -0.3 is 0 Å². The molecule has 2 aromatic carbocycles. The second-order valence-electron chi connectivity index (χ2n) is 4.67. The molecule has 2 aromatic rings. The number of nitrogens with one attached hydrogen (secondary N) is 1. The average molecular weight is 433 g/mol. The molecule has 0 radical (unpaired) electrons. The fourth-order valence-electron chi connectivity index (χ4n) is 1.89. The van der Waals surface area contributed by atoms with Crippen LogP contribution in [-0.2, 0) is 16.4 Å². The van der Waals surface area contributed by atoms with Gasteiger partial charge in [-0.05, 0) is 52.5 Å². The molecule has 1 N–H and O–H groups in total. The van der Waals surface area contributed by atoms with E-state index in [9.17, 15) is 8.42 Å². The van der Waals surface area contributed by atoms with Crippen LogP contribution in [0.25, 0.3) is 0 Å². The number of halogens is 2. The first-order valence-electron chi connectivity index (χ1n) is 6.39. The molecule has 6 heteroatoms. The molecule has 0 fully saturated rings. The summed E-state index contributed by atoms with van der Waals surface area (Å²) < 4.78 is 28.7. The van der Waals surface area contributed by atoms with Gasteiger partial charge in [-0.3, -0.25) is 0 Å². The zero-order valence-electron chi connectivity index (χ0n) is 11.4. The highest BCUT2D eigenvalue weighted by Crippen LogP contribution is 2.28. The summed E-state index contributed by atoms with van der Waals surface area (Å²) in [5, 5.41) is 0. The standard InChI is InChI=1S/C15H15Br2NO2S/c1-11-9-14(17)15(10-13(11)16)21(19,20)18-8-7-12-5-3-2-4-6-12/h2-6,9-10,18H,7-8H2,1H3. The van der Waals surface area contributed by atoms with E-state index in [2.05, 4.69) is 36.6 Å². The zero-order chi connectivity index (χ0) is 15.5. The molecule has 0 spiro atoms. The average Bonchev–Trinajstić information content (AvgIpc) is 2.43. The van der Waals surface area contributed by atoms with Crippen LogP contribution in [-0.4, -0.2) is 15.0 Å². The van der Waals surface area contributed by atoms with Crippen LogP contribution < -0.4 is 4.72 Å². The smallest absolute Gasteiger partial charge is 0.211 e. The predicted octanol–water partition coefficient (Wildman–Crippen LogP) is 4.04. The fourth-order valence-corrected chi connectivity index (χ4v) is 4.59. The van der Waals surface area contributed by atoms with Gasteiger partial charge in [0.25, 0.3) is 0 Å². The molecule has 2 rings (SSSR count). The van der Waals surface area contributed by atoms with E-state index in [1.165, 1.54) is 0 Å². The van der Waals surface area contributed by atoms with Gasteiger partial charge in [-0.15, -0.1) is 0 Å². The minimum Gasteiger partial charge on any atom is -0.211 e. The number of benzene rings is 2. The Balaban J connectivity index is 2.10. The monoisotopic (exact) mass is 431 g/mol. The molecule has 0 saturated heterocycles. The molecular weight excluding hydrogens is 418 g/mol. The Labute approximate surface area is 142 Å². The number of rotatable bonds is 5. The van der Waals surface area contributed by atoms with Crippen molar-refractivity contribution in [2.24, 2.45) is 0 Å². The first kappa shape index (κ1) is 16.7. The number of hydrogen-bond donors (Lipinski definition) is 1. The number of hydrogen-bond acceptors (Lipinski definition) is 2. The molecule has 0 atom stereocenters. The molecule has 0 aliphatic heterocycles. The lowest BCUT2D eigenvalue weighted by molar-refractivity contribution is 0.581. The van der Waals surface area contributed by atoms with Crippen molar-refractivity contribution in [1.29, 1.82) is 0 Å². The molecule has 0 heterocycles. The minimum absolute atomic E-state index is 0.244. The molecule has 0 amide bonds. The van der Waals surface area contributed by atoms with Crippen molar-refractivity contribution in [3.63, 3.8) is 0 Å². The molecule has 0 aliphatic rings. The van der Waals surface area contributed by atoms with Crippen molar-refractivity contribution < 1.29 is 8.42 Å². The minimum atomic E-state index is -3.53. The van der Waals surface area contributed by atoms with Gasteiger partial charge in [0, 0.05) is 15.5 Å². The third-order valence-corrected chi connectivity index (χ3v) is 6.33. The topological polar surface area (TPSA) is 46.2 Å². The molecule has 112 valence electrons. The van der Waals surface area contributed by atoms with Gasteiger partial charge in [0.1, 0.15) is 0 Å². The van der Waals surface area contributed by atoms with Gasteiger partial charge in [-0.25, -0.2) is 13.1 Å². The van der Waals surface area contributed by atoms with Crippen LogP contribution in [0.5, 0.6) is 0 Å². The summed E-state index contributed by atoms with van der Waals surface area (Å²) in [4.78, 5) is 0.244. The number of aryl methyl sites for hydroxylation is 1. The fraction of sp³-hybridized carbons (Fsp3) is 0.200. The van der Waals surface area contributed by atoms with E-state index in [1.54, 1.807) is 12.1 Å². The Bertz CT molecular complexity index is 731. The van der Waals surface area contributed by atoms with Gasteiger partial charge in [-0.1, -0.05) is 46.3 Å². The summed E-state index contributed by atoms with van der Waals surface area (Å²) in [6.45, 7) is 2.28. The van der Waals surface area contributed by atoms with E-state index in [4.69, 9.17) is 0 Å². The van der Waals surface area contributed by atoms with E-state index in [0.717, 1.165) is 15.6 Å². The normalized spacial score (nSPS) is 11.6. The summed E-state index contributed by atoms with van der Waals surface area (Å²) in [6.07, 6.45) is 0.657. The first-order valence-corrected chi connectivity index (χ1v) is 9.46. The molecule has 0 saturated carbocycles. The van der Waals surface area contributed by atoms with Crippen molar-refractivity contribution in [1.82, 2.24) is 4.72 Å². The highest BCUT2D eigenvalue weighted by molar-refractivity contribution is 9.11. The lowest BCUT2D eigenvalue weighted by Gasteiger charge is -2.10. The molecule has 3 nitrogen and oxygen atoms in total. The van der Waals surface area contributed by atoms with Crippen molar-refractivity contribution in [2.75, 3.05) is 6.54 Å². The molecule has 0 unspecified atom stereocenters. The predicted molar refractivity (Wildman–Crippen MR) is 91.9 cm³/mol. The van der Waals surface area contributed by atoms with Crippen molar-refractivity contribution in [3.05, 3.63) is 62.5 Å². The van der Waals surface area contributed by atoms with Crippen LogP contribution in [0.4, 0.5) is 0 Å². The molecule has 0 aliphatic carbocycles. The van der Waals surface area contributed by atoms with E-state index < -0.39 is 10.0 Å². The van der Waals surface area contributed by atoms with Crippen LogP contribution in [0, 0.1) is 6.92 Å². The Kier molecular flexibility index (Phi) is 5.60. The van der Waals surface area contributed by atoms with Gasteiger partial charge >= 0.3 is 0 Å². The van der Waals surface area contributed by atoms with Crippen LogP contribution in [0.1, 0.15) is 11.1 Å². The van der Waals surface area contributed by atoms with Crippen molar-refractivity contribution >= 4 is 41.9 Å². The first-order chi connectivity index (χ1) is 9.90. The summed E-state index contributed by atoms with van der Waals surface area (Å²) in [5.74, 6) is 0. The highest BCUT2D eigenvalue weighted by Gasteiger charge is 2.18. The SMILES string of the molecule is Cc1cc(Br)c(S(=O)(=O)NCCc2ccccc2)cc1Br. The van der Waals surface area contributed by atoms with E-state index in [-0.39, 0.29) is 4.90 Å². The van der Waals surface area contributed by atoms with Crippen LogP contribution in [0.2, 0.25) is 0 Å². The Hall–Kier alpha value is -0.690. The summed E-state index contributed by atoms with van der Waals surface area (Å²) in [7, 11) is -3.53. The van der Waals surface area contributed by atoms with Crippen molar-refractivity contribution in [3.8, 4) is 0 Å². The summed E-state index contributed by atoms with van der Waals surface area (Å²) >= 11 is 6.68. The largest absolute Gasteiger partial charge is 0.241 e. The van der Waals surface area contributed by atoms with Gasteiger partial charge in [0.15, 0.2) is 0 Å². The van der Waals surface area contributed by atoms with Crippen LogP contribution >= 0.6 is 31.9 Å². The summed E-state index contributed by atoms with van der Waals surface area (Å²) in [6, 6.07) is 13.2. The lowest BCUT2D eigenvalue weighted by Crippen LogP contribution is -2.26. The van der Waals surface area contributed by atoms with E-state index in [1.807, 2.05) is 37.3 Å². The zero-order valence-corrected chi connectivity index (χ0v) is 15.4. The second kappa shape index (κ2) is 7.05. The van der Waals surface area contributed by atoms with E-state index in [0.29, 0.717) is 17.4 Å². The molecule has 0 bridgehead atoms. The summed E-state index contributed by atoms with van der Waals surface area (Å²) in [5.41, 5.74) is 2.08. The Morgan fingerprint density at radius 1 is 1.05 bits per heavy atom. The van der Waals surface area contributed by atoms with E-state index >= 15 is 0 Å². The molecule has 21 heavy (non-hydrogen) atoms. The number of sulfonamides is 1. The highest BCUT2D eigenvalue weighted by atomic mass is 79.9. The maximum Gasteiger partial charge on any atom is 0.241 e.